The Labute approximate surface area is 122 Å². The highest BCUT2D eigenvalue weighted by molar-refractivity contribution is 5.85. The van der Waals surface area contributed by atoms with Gasteiger partial charge in [0.1, 0.15) is 0 Å². The van der Waals surface area contributed by atoms with Gasteiger partial charge in [-0.3, -0.25) is 4.68 Å². The van der Waals surface area contributed by atoms with E-state index in [0.29, 0.717) is 24.1 Å². The van der Waals surface area contributed by atoms with Gasteiger partial charge in [0.2, 0.25) is 0 Å². The summed E-state index contributed by atoms with van der Waals surface area (Å²) < 4.78 is 3.57. The van der Waals surface area contributed by atoms with E-state index >= 15 is 0 Å². The molecule has 3 heterocycles. The van der Waals surface area contributed by atoms with Crippen LogP contribution >= 0.6 is 12.4 Å². The minimum atomic E-state index is 0. The van der Waals surface area contributed by atoms with Crippen LogP contribution in [0.15, 0.2) is 24.5 Å². The summed E-state index contributed by atoms with van der Waals surface area (Å²) in [7, 11) is 0. The van der Waals surface area contributed by atoms with Crippen molar-refractivity contribution < 1.29 is 0 Å². The van der Waals surface area contributed by atoms with E-state index in [0.717, 1.165) is 11.3 Å². The zero-order valence-electron chi connectivity index (χ0n) is 11.3. The van der Waals surface area contributed by atoms with Crippen molar-refractivity contribution in [2.24, 2.45) is 5.73 Å². The maximum Gasteiger partial charge on any atom is 0.177 e. The van der Waals surface area contributed by atoms with Crippen molar-refractivity contribution >= 4 is 18.1 Å². The summed E-state index contributed by atoms with van der Waals surface area (Å²) in [5.74, 6) is 0.646. The predicted octanol–water partition coefficient (Wildman–Crippen LogP) is 1.45. The molecule has 0 amide bonds. The number of nitrogens with two attached hydrogens (primary N) is 1. The lowest BCUT2D eigenvalue weighted by molar-refractivity contribution is 0.532. The molecule has 7 nitrogen and oxygen atoms in total. The van der Waals surface area contributed by atoms with E-state index < -0.39 is 0 Å². The van der Waals surface area contributed by atoms with Crippen LogP contribution in [0.25, 0.3) is 16.9 Å². The summed E-state index contributed by atoms with van der Waals surface area (Å²) in [6, 6.07) is 4.11. The summed E-state index contributed by atoms with van der Waals surface area (Å²) >= 11 is 0. The van der Waals surface area contributed by atoms with Gasteiger partial charge in [0.05, 0.1) is 18.4 Å². The maximum atomic E-state index is 5.61. The van der Waals surface area contributed by atoms with Gasteiger partial charge in [-0.05, 0) is 26.0 Å². The van der Waals surface area contributed by atoms with Gasteiger partial charge < -0.3 is 5.73 Å². The molecule has 0 spiro atoms. The number of hydrogen-bond acceptors (Lipinski definition) is 5. The molecule has 0 radical (unpaired) electrons. The lowest BCUT2D eigenvalue weighted by Crippen LogP contribution is -2.05. The lowest BCUT2D eigenvalue weighted by atomic mass is 10.2. The zero-order valence-corrected chi connectivity index (χ0v) is 12.1. The Morgan fingerprint density at radius 1 is 1.25 bits per heavy atom. The van der Waals surface area contributed by atoms with E-state index in [4.69, 9.17) is 5.73 Å². The fraction of sp³-hybridized carbons (Fsp3) is 0.333. The summed E-state index contributed by atoms with van der Waals surface area (Å²) in [5.41, 5.74) is 8.10. The van der Waals surface area contributed by atoms with Crippen molar-refractivity contribution in [3.63, 3.8) is 0 Å². The molecule has 2 N–H and O–H groups in total. The first-order valence-corrected chi connectivity index (χ1v) is 6.15. The van der Waals surface area contributed by atoms with Gasteiger partial charge in [-0.25, -0.2) is 0 Å². The van der Waals surface area contributed by atoms with Crippen molar-refractivity contribution in [2.75, 3.05) is 0 Å². The van der Waals surface area contributed by atoms with E-state index in [9.17, 15) is 0 Å². The Hall–Kier alpha value is -1.99. The van der Waals surface area contributed by atoms with Gasteiger partial charge in [0.15, 0.2) is 11.5 Å². The molecule has 3 aromatic heterocycles. The molecular weight excluding hydrogens is 278 g/mol. The van der Waals surface area contributed by atoms with Gasteiger partial charge in [-0.2, -0.15) is 14.7 Å². The highest BCUT2D eigenvalue weighted by Crippen LogP contribution is 2.18. The van der Waals surface area contributed by atoms with Crippen LogP contribution in [0, 0.1) is 0 Å². The van der Waals surface area contributed by atoms with Crippen LogP contribution in [0.2, 0.25) is 0 Å². The lowest BCUT2D eigenvalue weighted by Gasteiger charge is -2.03. The van der Waals surface area contributed by atoms with E-state index in [1.807, 2.05) is 23.0 Å². The maximum absolute atomic E-state index is 5.61. The monoisotopic (exact) mass is 293 g/mol. The molecule has 0 saturated heterocycles. The third-order valence-electron chi connectivity index (χ3n) is 2.94. The Morgan fingerprint density at radius 3 is 2.70 bits per heavy atom. The number of fused-ring (bicyclic) bond motifs is 1. The van der Waals surface area contributed by atoms with E-state index in [-0.39, 0.29) is 12.4 Å². The molecule has 0 aliphatic carbocycles. The molecule has 3 rings (SSSR count). The first-order chi connectivity index (χ1) is 9.19. The molecule has 0 fully saturated rings. The van der Waals surface area contributed by atoms with Crippen LogP contribution in [0.3, 0.4) is 0 Å². The first-order valence-electron chi connectivity index (χ1n) is 6.15. The Balaban J connectivity index is 0.00000147. The SMILES string of the molecule is CC(C)n1cc(-c2ccc3nnc(CN)n3n2)cn1.Cl. The molecule has 0 atom stereocenters. The molecular formula is C12H16ClN7. The average Bonchev–Trinajstić information content (AvgIpc) is 3.04. The molecule has 0 saturated carbocycles. The van der Waals surface area contributed by atoms with Gasteiger partial charge in [-0.1, -0.05) is 0 Å². The molecule has 8 heteroatoms. The second-order valence-electron chi connectivity index (χ2n) is 4.61. The highest BCUT2D eigenvalue weighted by Gasteiger charge is 2.09. The quantitative estimate of drug-likeness (QED) is 0.790. The second kappa shape index (κ2) is 5.56. The largest absolute Gasteiger partial charge is 0.324 e. The topological polar surface area (TPSA) is 86.9 Å². The van der Waals surface area contributed by atoms with E-state index in [1.54, 1.807) is 10.7 Å². The van der Waals surface area contributed by atoms with Crippen LogP contribution in [0.1, 0.15) is 25.7 Å². The standard InChI is InChI=1S/C12H15N7.ClH/c1-8(2)18-7-9(6-14-18)10-3-4-11-15-16-12(5-13)19(11)17-10;/h3-4,6-8H,5,13H2,1-2H3;1H. The molecule has 3 aromatic rings. The predicted molar refractivity (Wildman–Crippen MR) is 77.5 cm³/mol. The van der Waals surface area contributed by atoms with Crippen molar-refractivity contribution in [3.8, 4) is 11.3 Å². The molecule has 106 valence electrons. The Bertz CT molecular complexity index is 715. The van der Waals surface area contributed by atoms with Crippen molar-refractivity contribution in [1.82, 2.24) is 29.6 Å². The summed E-state index contributed by atoms with van der Waals surface area (Å²) in [5, 5.41) is 16.8. The van der Waals surface area contributed by atoms with Gasteiger partial charge in [0.25, 0.3) is 0 Å². The van der Waals surface area contributed by atoms with Crippen LogP contribution in [0.5, 0.6) is 0 Å². The van der Waals surface area contributed by atoms with Gasteiger partial charge >= 0.3 is 0 Å². The van der Waals surface area contributed by atoms with Crippen LogP contribution in [0.4, 0.5) is 0 Å². The van der Waals surface area contributed by atoms with Crippen molar-refractivity contribution in [2.45, 2.75) is 26.4 Å². The number of aromatic nitrogens is 6. The number of nitrogens with zero attached hydrogens (tertiary/aromatic N) is 6. The summed E-state index contributed by atoms with van der Waals surface area (Å²) in [6.07, 6.45) is 3.78. The third kappa shape index (κ3) is 2.37. The van der Waals surface area contributed by atoms with Crippen LogP contribution in [-0.4, -0.2) is 29.6 Å². The molecule has 0 aromatic carbocycles. The van der Waals surface area contributed by atoms with Crippen LogP contribution in [-0.2, 0) is 6.54 Å². The minimum absolute atomic E-state index is 0. The smallest absolute Gasteiger partial charge is 0.177 e. The van der Waals surface area contributed by atoms with Gasteiger partial charge in [-0.15, -0.1) is 22.6 Å². The minimum Gasteiger partial charge on any atom is -0.324 e. The highest BCUT2D eigenvalue weighted by atomic mass is 35.5. The first kappa shape index (κ1) is 14.4. The molecule has 0 bridgehead atoms. The third-order valence-corrected chi connectivity index (χ3v) is 2.94. The van der Waals surface area contributed by atoms with Gasteiger partial charge in [0, 0.05) is 17.8 Å². The fourth-order valence-electron chi connectivity index (χ4n) is 1.87. The fourth-order valence-corrected chi connectivity index (χ4v) is 1.87. The Kier molecular flexibility index (Phi) is 4.01. The Morgan fingerprint density at radius 2 is 2.05 bits per heavy atom. The van der Waals surface area contributed by atoms with E-state index in [2.05, 4.69) is 34.2 Å². The summed E-state index contributed by atoms with van der Waals surface area (Å²) in [6.45, 7) is 4.47. The molecule has 0 aliphatic rings. The molecule has 20 heavy (non-hydrogen) atoms. The zero-order chi connectivity index (χ0) is 13.4. The molecule has 0 aliphatic heterocycles. The normalized spacial score (nSPS) is 11.0. The van der Waals surface area contributed by atoms with Crippen molar-refractivity contribution in [1.29, 1.82) is 0 Å². The van der Waals surface area contributed by atoms with Crippen LogP contribution < -0.4 is 5.73 Å². The molecule has 0 unspecified atom stereocenters. The average molecular weight is 294 g/mol. The van der Waals surface area contributed by atoms with E-state index in [1.165, 1.54) is 0 Å². The second-order valence-corrected chi connectivity index (χ2v) is 4.61. The van der Waals surface area contributed by atoms with Crippen molar-refractivity contribution in [3.05, 3.63) is 30.4 Å². The number of hydrogen-bond donors (Lipinski definition) is 1. The summed E-state index contributed by atoms with van der Waals surface area (Å²) in [4.78, 5) is 0. The number of halogens is 1. The number of rotatable bonds is 3.